The molecular weight excluding hydrogens is 262 g/mol. The van der Waals surface area contributed by atoms with E-state index in [1.165, 1.54) is 0 Å². The molecule has 0 aliphatic carbocycles. The van der Waals surface area contributed by atoms with E-state index in [1.807, 2.05) is 13.1 Å². The van der Waals surface area contributed by atoms with Crippen molar-refractivity contribution in [3.63, 3.8) is 0 Å². The lowest BCUT2D eigenvalue weighted by Crippen LogP contribution is -2.21. The Kier molecular flexibility index (Phi) is 4.43. The molecule has 104 valence electrons. The van der Waals surface area contributed by atoms with Gasteiger partial charge in [-0.1, -0.05) is 0 Å². The number of nitriles is 1. The molecule has 1 aromatic heterocycles. The second-order valence-electron chi connectivity index (χ2n) is 4.49. The summed E-state index contributed by atoms with van der Waals surface area (Å²) in [5.74, 6) is -1.41. The summed E-state index contributed by atoms with van der Waals surface area (Å²) in [7, 11) is 0. The Balaban J connectivity index is 1.90. The number of aryl methyl sites for hydroxylation is 1. The molecule has 0 fully saturated rings. The van der Waals surface area contributed by atoms with Gasteiger partial charge in [-0.3, -0.25) is 4.68 Å². The minimum atomic E-state index is -0.705. The quantitative estimate of drug-likeness (QED) is 0.851. The van der Waals surface area contributed by atoms with Gasteiger partial charge in [0.1, 0.15) is 11.6 Å². The minimum Gasteiger partial charge on any atom is -0.311 e. The Hall–Kier alpha value is -2.26. The van der Waals surface area contributed by atoms with E-state index in [1.54, 1.807) is 16.9 Å². The number of halogens is 2. The van der Waals surface area contributed by atoms with E-state index < -0.39 is 11.6 Å². The van der Waals surface area contributed by atoms with Gasteiger partial charge in [0.15, 0.2) is 0 Å². The maximum Gasteiger partial charge on any atom is 0.131 e. The van der Waals surface area contributed by atoms with Crippen LogP contribution in [0.4, 0.5) is 8.78 Å². The molecule has 0 aliphatic heterocycles. The third-order valence-corrected chi connectivity index (χ3v) is 2.85. The highest BCUT2D eigenvalue weighted by atomic mass is 19.1. The number of rotatable bonds is 5. The molecule has 2 aromatic rings. The van der Waals surface area contributed by atoms with Gasteiger partial charge >= 0.3 is 0 Å². The first-order chi connectivity index (χ1) is 9.60. The van der Waals surface area contributed by atoms with E-state index in [0.717, 1.165) is 17.7 Å². The van der Waals surface area contributed by atoms with Crippen molar-refractivity contribution < 1.29 is 8.78 Å². The highest BCUT2D eigenvalue weighted by Crippen LogP contribution is 2.14. The molecular formula is C14H14F2N4. The van der Waals surface area contributed by atoms with Crippen molar-refractivity contribution in [2.75, 3.05) is 6.54 Å². The van der Waals surface area contributed by atoms with E-state index in [2.05, 4.69) is 10.4 Å². The molecule has 0 bridgehead atoms. The van der Waals surface area contributed by atoms with Crippen LogP contribution in [0.25, 0.3) is 0 Å². The predicted molar refractivity (Wildman–Crippen MR) is 69.7 cm³/mol. The maximum absolute atomic E-state index is 13.6. The van der Waals surface area contributed by atoms with Crippen LogP contribution in [0.15, 0.2) is 24.5 Å². The molecule has 0 unspecified atom stereocenters. The van der Waals surface area contributed by atoms with E-state index in [4.69, 9.17) is 5.26 Å². The Labute approximate surface area is 115 Å². The van der Waals surface area contributed by atoms with Crippen LogP contribution < -0.4 is 5.32 Å². The molecule has 1 heterocycles. The van der Waals surface area contributed by atoms with E-state index in [9.17, 15) is 8.78 Å². The van der Waals surface area contributed by atoms with Crippen molar-refractivity contribution in [2.45, 2.75) is 20.0 Å². The standard InChI is InChI=1S/C14H14F2N4/c1-10-7-19-20(9-10)3-2-18-8-12-13(15)4-11(6-17)5-14(12)16/h4-5,7,9,18H,2-3,8H2,1H3. The van der Waals surface area contributed by atoms with Gasteiger partial charge in [-0.15, -0.1) is 0 Å². The average Bonchev–Trinajstić information content (AvgIpc) is 2.82. The second kappa shape index (κ2) is 6.26. The van der Waals surface area contributed by atoms with Crippen LogP contribution in [0.3, 0.4) is 0 Å². The van der Waals surface area contributed by atoms with Crippen LogP contribution in [0.5, 0.6) is 0 Å². The first-order valence-corrected chi connectivity index (χ1v) is 6.18. The van der Waals surface area contributed by atoms with Crippen molar-refractivity contribution in [3.05, 3.63) is 52.9 Å². The van der Waals surface area contributed by atoms with Crippen LogP contribution in [0.1, 0.15) is 16.7 Å². The first kappa shape index (κ1) is 14.2. The molecule has 0 aliphatic rings. The van der Waals surface area contributed by atoms with Crippen molar-refractivity contribution in [1.29, 1.82) is 5.26 Å². The summed E-state index contributed by atoms with van der Waals surface area (Å²) in [4.78, 5) is 0. The Morgan fingerprint density at radius 3 is 2.60 bits per heavy atom. The Morgan fingerprint density at radius 1 is 1.35 bits per heavy atom. The zero-order valence-electron chi connectivity index (χ0n) is 11.0. The zero-order chi connectivity index (χ0) is 14.5. The summed E-state index contributed by atoms with van der Waals surface area (Å²) in [5, 5.41) is 15.7. The maximum atomic E-state index is 13.6. The van der Waals surface area contributed by atoms with E-state index in [-0.39, 0.29) is 17.7 Å². The van der Waals surface area contributed by atoms with Crippen LogP contribution in [-0.2, 0) is 13.1 Å². The third kappa shape index (κ3) is 3.39. The summed E-state index contributed by atoms with van der Waals surface area (Å²) in [6.45, 7) is 3.18. The minimum absolute atomic E-state index is 0.0178. The molecule has 0 atom stereocenters. The molecule has 0 saturated heterocycles. The highest BCUT2D eigenvalue weighted by molar-refractivity contribution is 5.34. The van der Waals surface area contributed by atoms with Crippen molar-refractivity contribution in [3.8, 4) is 6.07 Å². The van der Waals surface area contributed by atoms with Crippen LogP contribution in [0, 0.1) is 29.9 Å². The Bertz CT molecular complexity index is 620. The largest absolute Gasteiger partial charge is 0.311 e. The van der Waals surface area contributed by atoms with Gasteiger partial charge in [0.05, 0.1) is 24.4 Å². The SMILES string of the molecule is Cc1cnn(CCNCc2c(F)cc(C#N)cc2F)c1. The lowest BCUT2D eigenvalue weighted by Gasteiger charge is -2.08. The second-order valence-corrected chi connectivity index (χ2v) is 4.49. The number of benzene rings is 1. The summed E-state index contributed by atoms with van der Waals surface area (Å²) in [6, 6.07) is 3.79. The Morgan fingerprint density at radius 2 is 2.05 bits per heavy atom. The van der Waals surface area contributed by atoms with Crippen molar-refractivity contribution in [1.82, 2.24) is 15.1 Å². The molecule has 0 spiro atoms. The number of aromatic nitrogens is 2. The topological polar surface area (TPSA) is 53.6 Å². The first-order valence-electron chi connectivity index (χ1n) is 6.18. The number of hydrogen-bond donors (Lipinski definition) is 1. The average molecular weight is 276 g/mol. The molecule has 0 saturated carbocycles. The fourth-order valence-electron chi connectivity index (χ4n) is 1.83. The molecule has 20 heavy (non-hydrogen) atoms. The van der Waals surface area contributed by atoms with E-state index >= 15 is 0 Å². The van der Waals surface area contributed by atoms with E-state index in [0.29, 0.717) is 13.1 Å². The van der Waals surface area contributed by atoms with Crippen LogP contribution in [-0.4, -0.2) is 16.3 Å². The number of nitrogens with one attached hydrogen (secondary N) is 1. The lowest BCUT2D eigenvalue weighted by molar-refractivity contribution is 0.513. The summed E-state index contributed by atoms with van der Waals surface area (Å²) in [5.41, 5.74) is 0.991. The number of nitrogens with zero attached hydrogens (tertiary/aromatic N) is 3. The molecule has 1 aromatic carbocycles. The van der Waals surface area contributed by atoms with Gasteiger partial charge < -0.3 is 5.32 Å². The molecule has 2 rings (SSSR count). The zero-order valence-corrected chi connectivity index (χ0v) is 11.0. The summed E-state index contributed by atoms with van der Waals surface area (Å²) >= 11 is 0. The third-order valence-electron chi connectivity index (χ3n) is 2.85. The van der Waals surface area contributed by atoms with Crippen molar-refractivity contribution >= 4 is 0 Å². The molecule has 1 N–H and O–H groups in total. The van der Waals surface area contributed by atoms with Gasteiger partial charge in [-0.2, -0.15) is 10.4 Å². The van der Waals surface area contributed by atoms with Gasteiger partial charge in [-0.25, -0.2) is 8.78 Å². The summed E-state index contributed by atoms with van der Waals surface area (Å²) < 4.78 is 29.0. The van der Waals surface area contributed by atoms with Crippen LogP contribution in [0.2, 0.25) is 0 Å². The monoisotopic (exact) mass is 276 g/mol. The number of hydrogen-bond acceptors (Lipinski definition) is 3. The van der Waals surface area contributed by atoms with Gasteiger partial charge in [0.25, 0.3) is 0 Å². The molecule has 6 heteroatoms. The molecule has 4 nitrogen and oxygen atoms in total. The van der Waals surface area contributed by atoms with Crippen molar-refractivity contribution in [2.24, 2.45) is 0 Å². The van der Waals surface area contributed by atoms with Crippen LogP contribution >= 0.6 is 0 Å². The fourth-order valence-corrected chi connectivity index (χ4v) is 1.83. The fraction of sp³-hybridized carbons (Fsp3) is 0.286. The lowest BCUT2D eigenvalue weighted by atomic mass is 10.1. The normalized spacial score (nSPS) is 10.5. The smallest absolute Gasteiger partial charge is 0.131 e. The predicted octanol–water partition coefficient (Wildman–Crippen LogP) is 2.13. The highest BCUT2D eigenvalue weighted by Gasteiger charge is 2.10. The van der Waals surface area contributed by atoms with Gasteiger partial charge in [0.2, 0.25) is 0 Å². The molecule has 0 amide bonds. The summed E-state index contributed by atoms with van der Waals surface area (Å²) in [6.07, 6.45) is 3.64. The molecule has 0 radical (unpaired) electrons. The van der Waals surface area contributed by atoms with Gasteiger partial charge in [0, 0.05) is 24.8 Å². The van der Waals surface area contributed by atoms with Gasteiger partial charge in [-0.05, 0) is 24.6 Å².